The smallest absolute Gasteiger partial charge is 0.404 e. The van der Waals surface area contributed by atoms with Crippen LogP contribution in [0.3, 0.4) is 0 Å². The van der Waals surface area contributed by atoms with Crippen LogP contribution in [-0.2, 0) is 26.4 Å². The monoisotopic (exact) mass is 301 g/mol. The van der Waals surface area contributed by atoms with Gasteiger partial charge in [0.05, 0.1) is 0 Å². The molecule has 0 bridgehead atoms. The predicted octanol–water partition coefficient (Wildman–Crippen LogP) is 2.22. The molecule has 3 rings (SSSR count). The van der Waals surface area contributed by atoms with Crippen LogP contribution in [0.25, 0.3) is 10.9 Å². The van der Waals surface area contributed by atoms with Gasteiger partial charge in [-0.15, -0.1) is 0 Å². The predicted molar refractivity (Wildman–Crippen MR) is 87.2 cm³/mol. The highest BCUT2D eigenvalue weighted by molar-refractivity contribution is 5.87. The van der Waals surface area contributed by atoms with Gasteiger partial charge in [0, 0.05) is 36.7 Å². The molecule has 1 amide bonds. The van der Waals surface area contributed by atoms with Crippen LogP contribution in [-0.4, -0.2) is 41.3 Å². The topological polar surface area (TPSA) is 57.5 Å². The molecule has 5 nitrogen and oxygen atoms in total. The summed E-state index contributed by atoms with van der Waals surface area (Å²) in [6, 6.07) is 6.25. The van der Waals surface area contributed by atoms with Crippen molar-refractivity contribution in [2.45, 2.75) is 19.4 Å². The quantitative estimate of drug-likeness (QED) is 0.910. The maximum atomic E-state index is 10.7. The third-order valence-electron chi connectivity index (χ3n) is 4.54. The molecule has 0 fully saturated rings. The summed E-state index contributed by atoms with van der Waals surface area (Å²) < 4.78 is 2.30. The highest BCUT2D eigenvalue weighted by Gasteiger charge is 2.27. The lowest BCUT2D eigenvalue weighted by atomic mass is 10.0. The van der Waals surface area contributed by atoms with Crippen molar-refractivity contribution in [3.63, 3.8) is 0 Å². The molecule has 0 radical (unpaired) electrons. The van der Waals surface area contributed by atoms with Crippen LogP contribution in [0.2, 0.25) is 0 Å². The van der Waals surface area contributed by atoms with E-state index in [9.17, 15) is 4.79 Å². The zero-order valence-electron chi connectivity index (χ0n) is 13.4. The molecule has 1 aromatic carbocycles. The Hall–Kier alpha value is -2.01. The van der Waals surface area contributed by atoms with Gasteiger partial charge in [0.15, 0.2) is 0 Å². The van der Waals surface area contributed by atoms with Crippen molar-refractivity contribution in [3.05, 3.63) is 35.0 Å². The summed E-state index contributed by atoms with van der Waals surface area (Å²) in [6.45, 7) is 1.46. The second-order valence-corrected chi connectivity index (χ2v) is 6.53. The van der Waals surface area contributed by atoms with E-state index in [-0.39, 0.29) is 0 Å². The van der Waals surface area contributed by atoms with E-state index >= 15 is 0 Å². The number of fused-ring (bicyclic) bond motifs is 3. The number of hydrogen-bond donors (Lipinski definition) is 2. The van der Waals surface area contributed by atoms with Crippen molar-refractivity contribution >= 4 is 17.0 Å². The summed E-state index contributed by atoms with van der Waals surface area (Å²) in [5.74, 6) is 0.677. The molecule has 118 valence electrons. The van der Waals surface area contributed by atoms with Crippen molar-refractivity contribution in [1.29, 1.82) is 0 Å². The van der Waals surface area contributed by atoms with Crippen LogP contribution in [0.15, 0.2) is 18.2 Å². The minimum atomic E-state index is -0.982. The molecular formula is C17H23N3O2. The third kappa shape index (κ3) is 2.68. The molecule has 1 atom stereocenters. The first-order valence-electron chi connectivity index (χ1n) is 7.66. The summed E-state index contributed by atoms with van der Waals surface area (Å²) in [4.78, 5) is 12.9. The van der Waals surface area contributed by atoms with Gasteiger partial charge >= 0.3 is 6.09 Å². The van der Waals surface area contributed by atoms with Gasteiger partial charge in [0.25, 0.3) is 0 Å². The number of hydrogen-bond acceptors (Lipinski definition) is 2. The van der Waals surface area contributed by atoms with E-state index in [0.29, 0.717) is 12.5 Å². The fourth-order valence-electron chi connectivity index (χ4n) is 3.68. The number of rotatable bonds is 4. The normalized spacial score (nSPS) is 17.2. The fraction of sp³-hybridized carbons (Fsp3) is 0.471. The molecule has 2 aromatic rings. The van der Waals surface area contributed by atoms with E-state index < -0.39 is 6.09 Å². The van der Waals surface area contributed by atoms with Gasteiger partial charge < -0.3 is 19.9 Å². The van der Waals surface area contributed by atoms with E-state index in [1.165, 1.54) is 22.2 Å². The number of nitrogens with one attached hydrogen (secondary N) is 1. The van der Waals surface area contributed by atoms with E-state index in [1.54, 1.807) is 0 Å². The third-order valence-corrected chi connectivity index (χ3v) is 4.54. The number of amides is 1. The molecule has 1 unspecified atom stereocenters. The number of benzene rings is 1. The van der Waals surface area contributed by atoms with Crippen LogP contribution in [0.1, 0.15) is 16.8 Å². The molecule has 1 aliphatic rings. The number of aryl methyl sites for hydroxylation is 1. The van der Waals surface area contributed by atoms with Gasteiger partial charge in [0.2, 0.25) is 0 Å². The number of nitrogens with zero attached hydrogens (tertiary/aromatic N) is 2. The molecule has 1 aliphatic carbocycles. The molecule has 1 aromatic heterocycles. The SMILES string of the molecule is CN(C)CC1Cc2c(n(C)c3ccc(CNC(=O)O)cc23)C1. The van der Waals surface area contributed by atoms with Gasteiger partial charge in [-0.05, 0) is 56.1 Å². The fourth-order valence-corrected chi connectivity index (χ4v) is 3.68. The van der Waals surface area contributed by atoms with Gasteiger partial charge in [0.1, 0.15) is 0 Å². The molecule has 5 heteroatoms. The zero-order chi connectivity index (χ0) is 15.9. The molecule has 0 saturated carbocycles. The van der Waals surface area contributed by atoms with Crippen molar-refractivity contribution in [2.24, 2.45) is 13.0 Å². The van der Waals surface area contributed by atoms with Crippen LogP contribution < -0.4 is 5.32 Å². The number of carbonyl (C=O) groups is 1. The van der Waals surface area contributed by atoms with Gasteiger partial charge in [-0.2, -0.15) is 0 Å². The minimum Gasteiger partial charge on any atom is -0.465 e. The summed E-state index contributed by atoms with van der Waals surface area (Å²) in [7, 11) is 6.38. The Kier molecular flexibility index (Phi) is 3.83. The second-order valence-electron chi connectivity index (χ2n) is 6.53. The van der Waals surface area contributed by atoms with Crippen molar-refractivity contribution < 1.29 is 9.90 Å². The molecular weight excluding hydrogens is 278 g/mol. The summed E-state index contributed by atoms with van der Waals surface area (Å²) in [5, 5.41) is 12.5. The Morgan fingerprint density at radius 2 is 2.18 bits per heavy atom. The molecule has 0 aliphatic heterocycles. The van der Waals surface area contributed by atoms with Gasteiger partial charge in [-0.1, -0.05) is 6.07 Å². The Bertz CT molecular complexity index is 718. The number of carboxylic acid groups (broad SMARTS) is 1. The lowest BCUT2D eigenvalue weighted by Gasteiger charge is -2.16. The van der Waals surface area contributed by atoms with Crippen molar-refractivity contribution in [3.8, 4) is 0 Å². The maximum Gasteiger partial charge on any atom is 0.404 e. The van der Waals surface area contributed by atoms with Crippen LogP contribution in [0, 0.1) is 5.92 Å². The molecule has 0 saturated heterocycles. The average Bonchev–Trinajstić information content (AvgIpc) is 2.96. The number of aromatic nitrogens is 1. The summed E-state index contributed by atoms with van der Waals surface area (Å²) in [6.07, 6.45) is 1.26. The van der Waals surface area contributed by atoms with Crippen LogP contribution in [0.5, 0.6) is 0 Å². The van der Waals surface area contributed by atoms with Gasteiger partial charge in [-0.25, -0.2) is 4.79 Å². The summed E-state index contributed by atoms with van der Waals surface area (Å²) in [5.41, 5.74) is 5.14. The highest BCUT2D eigenvalue weighted by atomic mass is 16.4. The summed E-state index contributed by atoms with van der Waals surface area (Å²) >= 11 is 0. The molecule has 22 heavy (non-hydrogen) atoms. The lowest BCUT2D eigenvalue weighted by molar-refractivity contribution is 0.194. The van der Waals surface area contributed by atoms with E-state index in [0.717, 1.165) is 24.9 Å². The van der Waals surface area contributed by atoms with E-state index in [2.05, 4.69) is 48.1 Å². The first kappa shape index (κ1) is 14.9. The Labute approximate surface area is 130 Å². The average molecular weight is 301 g/mol. The Morgan fingerprint density at radius 1 is 1.41 bits per heavy atom. The maximum absolute atomic E-state index is 10.7. The standard InChI is InChI=1S/C17H23N3O2/c1-19(2)10-12-7-14-13-6-11(9-18-17(21)22)4-5-15(13)20(3)16(14)8-12/h4-6,12,18H,7-10H2,1-3H3,(H,21,22). The molecule has 0 spiro atoms. The highest BCUT2D eigenvalue weighted by Crippen LogP contribution is 2.35. The van der Waals surface area contributed by atoms with E-state index in [1.807, 2.05) is 6.07 Å². The minimum absolute atomic E-state index is 0.357. The largest absolute Gasteiger partial charge is 0.465 e. The first-order chi connectivity index (χ1) is 10.5. The Morgan fingerprint density at radius 3 is 2.86 bits per heavy atom. The Balaban J connectivity index is 1.91. The van der Waals surface area contributed by atoms with Crippen LogP contribution >= 0.6 is 0 Å². The first-order valence-corrected chi connectivity index (χ1v) is 7.66. The second kappa shape index (κ2) is 5.65. The molecule has 1 heterocycles. The van der Waals surface area contributed by atoms with Gasteiger partial charge in [-0.3, -0.25) is 0 Å². The zero-order valence-corrected chi connectivity index (χ0v) is 13.4. The molecule has 2 N–H and O–H groups in total. The van der Waals surface area contributed by atoms with Crippen molar-refractivity contribution in [1.82, 2.24) is 14.8 Å². The van der Waals surface area contributed by atoms with Crippen LogP contribution in [0.4, 0.5) is 4.79 Å². The lowest BCUT2D eigenvalue weighted by Crippen LogP contribution is -2.22. The van der Waals surface area contributed by atoms with E-state index in [4.69, 9.17) is 5.11 Å². The van der Waals surface area contributed by atoms with Crippen molar-refractivity contribution in [2.75, 3.05) is 20.6 Å².